The largest absolute Gasteiger partial charge is 0.208 e. The van der Waals surface area contributed by atoms with E-state index in [9.17, 15) is 5.26 Å². The Morgan fingerprint density at radius 2 is 0.500 bits per heavy atom. The third-order valence-corrected chi connectivity index (χ3v) is 10.7. The summed E-state index contributed by atoms with van der Waals surface area (Å²) in [5.74, 6) is 3.50. The maximum Gasteiger partial charge on any atom is 0.164 e. The molecule has 62 heavy (non-hydrogen) atoms. The van der Waals surface area contributed by atoms with Gasteiger partial charge in [0.1, 0.15) is 6.07 Å². The standard InChI is InChI=1S/C55H35N7/c56-36-49-43(37-32-34-42(35-33-37)54-58-50(38-18-5-1-6-19-38)57-51(59-54)39-20-7-2-8-21-39)30-17-31-47(49)45-27-14-13-26-44(45)46-28-15-16-29-48(46)55-61-52(40-22-9-3-10-23-40)60-53(62-55)41-24-11-4-12-25-41/h1-35H. The lowest BCUT2D eigenvalue weighted by Gasteiger charge is -2.17. The minimum atomic E-state index is 0.558. The highest BCUT2D eigenvalue weighted by molar-refractivity contribution is 5.94. The van der Waals surface area contributed by atoms with E-state index in [1.807, 2.05) is 194 Å². The summed E-state index contributed by atoms with van der Waals surface area (Å²) in [5, 5.41) is 10.9. The van der Waals surface area contributed by atoms with E-state index in [0.29, 0.717) is 40.5 Å². The second-order valence-corrected chi connectivity index (χ2v) is 14.6. The van der Waals surface area contributed by atoms with Gasteiger partial charge in [0.15, 0.2) is 34.9 Å². The van der Waals surface area contributed by atoms with Crippen LogP contribution in [-0.2, 0) is 0 Å². The van der Waals surface area contributed by atoms with Gasteiger partial charge in [-0.15, -0.1) is 0 Å². The lowest BCUT2D eigenvalue weighted by molar-refractivity contribution is 1.07. The molecule has 0 saturated carbocycles. The highest BCUT2D eigenvalue weighted by atomic mass is 15.0. The fourth-order valence-corrected chi connectivity index (χ4v) is 7.67. The molecule has 0 aliphatic carbocycles. The fraction of sp³-hybridized carbons (Fsp3) is 0. The third-order valence-electron chi connectivity index (χ3n) is 10.7. The molecule has 0 aliphatic heterocycles. The van der Waals surface area contributed by atoms with Crippen LogP contribution in [0.4, 0.5) is 0 Å². The Morgan fingerprint density at radius 3 is 0.903 bits per heavy atom. The van der Waals surface area contributed by atoms with E-state index in [2.05, 4.69) is 24.3 Å². The molecule has 290 valence electrons. The monoisotopic (exact) mass is 793 g/mol. The fourth-order valence-electron chi connectivity index (χ4n) is 7.67. The summed E-state index contributed by atoms with van der Waals surface area (Å²) in [6.07, 6.45) is 0. The number of aromatic nitrogens is 6. The molecule has 2 aromatic heterocycles. The molecule has 0 atom stereocenters. The number of nitrogens with zero attached hydrogens (tertiary/aromatic N) is 7. The summed E-state index contributed by atoms with van der Waals surface area (Å²) in [4.78, 5) is 29.7. The van der Waals surface area contributed by atoms with Crippen molar-refractivity contribution in [1.29, 1.82) is 5.26 Å². The maximum atomic E-state index is 10.9. The molecule has 0 N–H and O–H groups in total. The molecule has 0 amide bonds. The van der Waals surface area contributed by atoms with Crippen molar-refractivity contribution in [3.8, 4) is 108 Å². The minimum absolute atomic E-state index is 0.558. The van der Waals surface area contributed by atoms with E-state index in [1.54, 1.807) is 0 Å². The average Bonchev–Trinajstić information content (AvgIpc) is 3.37. The minimum Gasteiger partial charge on any atom is -0.208 e. The first-order chi connectivity index (χ1) is 30.7. The molecular formula is C55H35N7. The lowest BCUT2D eigenvalue weighted by atomic mass is 9.87. The van der Waals surface area contributed by atoms with Crippen LogP contribution in [0.15, 0.2) is 212 Å². The predicted molar refractivity (Wildman–Crippen MR) is 247 cm³/mol. The van der Waals surface area contributed by atoms with Crippen molar-refractivity contribution in [2.45, 2.75) is 0 Å². The number of hydrogen-bond donors (Lipinski definition) is 0. The van der Waals surface area contributed by atoms with Gasteiger partial charge in [-0.3, -0.25) is 0 Å². The molecule has 0 radical (unpaired) electrons. The summed E-state index contributed by atoms with van der Waals surface area (Å²) >= 11 is 0. The predicted octanol–water partition coefficient (Wildman–Crippen LogP) is 12.9. The zero-order chi connectivity index (χ0) is 41.7. The average molecular weight is 794 g/mol. The molecule has 10 rings (SSSR count). The van der Waals surface area contributed by atoms with Crippen LogP contribution in [0.25, 0.3) is 102 Å². The molecule has 7 heteroatoms. The molecule has 0 saturated heterocycles. The van der Waals surface area contributed by atoms with Gasteiger partial charge in [-0.05, 0) is 22.3 Å². The van der Waals surface area contributed by atoms with Crippen molar-refractivity contribution in [3.05, 3.63) is 218 Å². The Labute approximate surface area is 359 Å². The first-order valence-electron chi connectivity index (χ1n) is 20.3. The Morgan fingerprint density at radius 1 is 0.226 bits per heavy atom. The van der Waals surface area contributed by atoms with Crippen LogP contribution in [0.2, 0.25) is 0 Å². The van der Waals surface area contributed by atoms with E-state index >= 15 is 0 Å². The van der Waals surface area contributed by atoms with E-state index in [0.717, 1.165) is 66.8 Å². The van der Waals surface area contributed by atoms with Crippen molar-refractivity contribution < 1.29 is 0 Å². The van der Waals surface area contributed by atoms with E-state index in [1.165, 1.54) is 0 Å². The first kappa shape index (κ1) is 37.5. The third kappa shape index (κ3) is 7.52. The molecule has 0 fully saturated rings. The smallest absolute Gasteiger partial charge is 0.164 e. The number of nitriles is 1. The van der Waals surface area contributed by atoms with Crippen molar-refractivity contribution in [2.24, 2.45) is 0 Å². The SMILES string of the molecule is N#Cc1c(-c2ccc(-c3nc(-c4ccccc4)nc(-c4ccccc4)n3)cc2)cccc1-c1ccccc1-c1ccccc1-c1nc(-c2ccccc2)nc(-c2ccccc2)n1. The summed E-state index contributed by atoms with van der Waals surface area (Å²) in [5.41, 5.74) is 11.2. The normalized spacial score (nSPS) is 10.9. The highest BCUT2D eigenvalue weighted by Gasteiger charge is 2.20. The molecule has 2 heterocycles. The van der Waals surface area contributed by atoms with Crippen LogP contribution >= 0.6 is 0 Å². The van der Waals surface area contributed by atoms with Gasteiger partial charge in [0.05, 0.1) is 5.56 Å². The van der Waals surface area contributed by atoms with Gasteiger partial charge >= 0.3 is 0 Å². The second-order valence-electron chi connectivity index (χ2n) is 14.6. The van der Waals surface area contributed by atoms with Gasteiger partial charge in [-0.1, -0.05) is 212 Å². The molecule has 0 spiro atoms. The summed E-state index contributed by atoms with van der Waals surface area (Å²) in [6, 6.07) is 72.8. The lowest BCUT2D eigenvalue weighted by Crippen LogP contribution is -2.01. The van der Waals surface area contributed by atoms with Gasteiger partial charge in [0.25, 0.3) is 0 Å². The number of rotatable bonds is 9. The number of benzene rings is 8. The van der Waals surface area contributed by atoms with E-state index < -0.39 is 0 Å². The summed E-state index contributed by atoms with van der Waals surface area (Å²) < 4.78 is 0. The Bertz CT molecular complexity index is 3110. The van der Waals surface area contributed by atoms with Gasteiger partial charge in [0, 0.05) is 44.5 Å². The van der Waals surface area contributed by atoms with Crippen LogP contribution < -0.4 is 0 Å². The summed E-state index contributed by atoms with van der Waals surface area (Å²) in [7, 11) is 0. The Kier molecular flexibility index (Phi) is 10.2. The van der Waals surface area contributed by atoms with Crippen molar-refractivity contribution >= 4 is 0 Å². The van der Waals surface area contributed by atoms with E-state index in [-0.39, 0.29) is 0 Å². The van der Waals surface area contributed by atoms with Crippen molar-refractivity contribution in [2.75, 3.05) is 0 Å². The molecule has 7 nitrogen and oxygen atoms in total. The molecular weight excluding hydrogens is 759 g/mol. The summed E-state index contributed by atoms with van der Waals surface area (Å²) in [6.45, 7) is 0. The zero-order valence-electron chi connectivity index (χ0n) is 33.3. The van der Waals surface area contributed by atoms with Crippen LogP contribution in [0.5, 0.6) is 0 Å². The topological polar surface area (TPSA) is 101 Å². The van der Waals surface area contributed by atoms with E-state index in [4.69, 9.17) is 29.9 Å². The van der Waals surface area contributed by atoms with Crippen LogP contribution in [0.3, 0.4) is 0 Å². The highest BCUT2D eigenvalue weighted by Crippen LogP contribution is 2.41. The van der Waals surface area contributed by atoms with Crippen LogP contribution in [0, 0.1) is 11.3 Å². The zero-order valence-corrected chi connectivity index (χ0v) is 33.3. The molecule has 0 unspecified atom stereocenters. The maximum absolute atomic E-state index is 10.9. The molecule has 8 aromatic carbocycles. The number of hydrogen-bond acceptors (Lipinski definition) is 7. The quantitative estimate of drug-likeness (QED) is 0.143. The first-order valence-corrected chi connectivity index (χ1v) is 20.3. The Hall–Kier alpha value is -8.73. The van der Waals surface area contributed by atoms with Crippen molar-refractivity contribution in [1.82, 2.24) is 29.9 Å². The molecule has 0 aliphatic rings. The molecule has 0 bridgehead atoms. The van der Waals surface area contributed by atoms with Gasteiger partial charge in [-0.2, -0.15) is 5.26 Å². The van der Waals surface area contributed by atoms with Gasteiger partial charge < -0.3 is 0 Å². The van der Waals surface area contributed by atoms with Gasteiger partial charge in [0.2, 0.25) is 0 Å². The van der Waals surface area contributed by atoms with Crippen LogP contribution in [-0.4, -0.2) is 29.9 Å². The molecule has 10 aromatic rings. The van der Waals surface area contributed by atoms with Gasteiger partial charge in [-0.25, -0.2) is 29.9 Å². The van der Waals surface area contributed by atoms with Crippen LogP contribution in [0.1, 0.15) is 5.56 Å². The second kappa shape index (κ2) is 16.9. The Balaban J connectivity index is 1.05. The van der Waals surface area contributed by atoms with Crippen molar-refractivity contribution in [3.63, 3.8) is 0 Å².